The van der Waals surface area contributed by atoms with Crippen molar-refractivity contribution < 1.29 is 9.53 Å². The van der Waals surface area contributed by atoms with Gasteiger partial charge in [0.15, 0.2) is 0 Å². The predicted octanol–water partition coefficient (Wildman–Crippen LogP) is 1.63. The highest BCUT2D eigenvalue weighted by Crippen LogP contribution is 2.23. The second-order valence-corrected chi connectivity index (χ2v) is 2.85. The van der Waals surface area contributed by atoms with Crippen molar-refractivity contribution in [1.29, 1.82) is 0 Å². The first-order chi connectivity index (χ1) is 6.67. The lowest BCUT2D eigenvalue weighted by molar-refractivity contribution is -0.115. The molecule has 3 N–H and O–H groups in total. The largest absolute Gasteiger partial charge is 0.497 e. The summed E-state index contributed by atoms with van der Waals surface area (Å²) in [6.07, 6.45) is 0.436. The highest BCUT2D eigenvalue weighted by molar-refractivity contribution is 5.93. The molecular formula is C10H14N2O2. The van der Waals surface area contributed by atoms with Crippen molar-refractivity contribution in [3.8, 4) is 5.75 Å². The summed E-state index contributed by atoms with van der Waals surface area (Å²) in [5.41, 5.74) is 6.83. The summed E-state index contributed by atoms with van der Waals surface area (Å²) in [5.74, 6) is 0.624. The molecule has 0 unspecified atom stereocenters. The van der Waals surface area contributed by atoms with Gasteiger partial charge in [-0.05, 0) is 12.1 Å². The minimum absolute atomic E-state index is 0.0538. The number of amides is 1. The Bertz CT molecular complexity index is 337. The van der Waals surface area contributed by atoms with Gasteiger partial charge in [-0.1, -0.05) is 6.92 Å². The fourth-order valence-corrected chi connectivity index (χ4v) is 1.02. The molecular weight excluding hydrogens is 180 g/mol. The SMILES string of the molecule is CCC(=O)Nc1ccc(OC)cc1N. The molecule has 76 valence electrons. The van der Waals surface area contributed by atoms with Gasteiger partial charge < -0.3 is 15.8 Å². The summed E-state index contributed by atoms with van der Waals surface area (Å²) >= 11 is 0. The second kappa shape index (κ2) is 4.50. The summed E-state index contributed by atoms with van der Waals surface area (Å²) in [6.45, 7) is 1.79. The number of methoxy groups -OCH3 is 1. The predicted molar refractivity (Wildman–Crippen MR) is 56.3 cm³/mol. The number of nitrogens with one attached hydrogen (secondary N) is 1. The van der Waals surface area contributed by atoms with E-state index in [1.54, 1.807) is 32.2 Å². The molecule has 4 heteroatoms. The molecule has 0 saturated carbocycles. The minimum atomic E-state index is -0.0538. The molecule has 14 heavy (non-hydrogen) atoms. The van der Waals surface area contributed by atoms with Crippen molar-refractivity contribution in [2.45, 2.75) is 13.3 Å². The third-order valence-electron chi connectivity index (χ3n) is 1.85. The normalized spacial score (nSPS) is 9.57. The Balaban J connectivity index is 2.83. The maximum atomic E-state index is 11.1. The van der Waals surface area contributed by atoms with E-state index in [4.69, 9.17) is 10.5 Å². The zero-order chi connectivity index (χ0) is 10.6. The number of anilines is 2. The van der Waals surface area contributed by atoms with Crippen LogP contribution in [0.25, 0.3) is 0 Å². The molecule has 4 nitrogen and oxygen atoms in total. The summed E-state index contributed by atoms with van der Waals surface area (Å²) in [4.78, 5) is 11.1. The summed E-state index contributed by atoms with van der Waals surface area (Å²) in [5, 5.41) is 2.69. The number of nitrogens with two attached hydrogens (primary N) is 1. The van der Waals surface area contributed by atoms with E-state index in [-0.39, 0.29) is 5.91 Å². The van der Waals surface area contributed by atoms with E-state index in [9.17, 15) is 4.79 Å². The van der Waals surface area contributed by atoms with Gasteiger partial charge in [-0.25, -0.2) is 0 Å². The molecule has 0 bridgehead atoms. The van der Waals surface area contributed by atoms with Crippen molar-refractivity contribution in [1.82, 2.24) is 0 Å². The first-order valence-corrected chi connectivity index (χ1v) is 4.40. The average Bonchev–Trinajstić information content (AvgIpc) is 2.20. The van der Waals surface area contributed by atoms with E-state index in [0.29, 0.717) is 23.5 Å². The third kappa shape index (κ3) is 2.39. The summed E-state index contributed by atoms with van der Waals surface area (Å²) in [6, 6.07) is 5.15. The minimum Gasteiger partial charge on any atom is -0.497 e. The van der Waals surface area contributed by atoms with Crippen LogP contribution in [0.5, 0.6) is 5.75 Å². The van der Waals surface area contributed by atoms with Crippen LogP contribution in [0.15, 0.2) is 18.2 Å². The smallest absolute Gasteiger partial charge is 0.224 e. The number of benzene rings is 1. The number of carbonyl (C=O) groups is 1. The number of hydrogen-bond donors (Lipinski definition) is 2. The first kappa shape index (κ1) is 10.4. The maximum Gasteiger partial charge on any atom is 0.224 e. The lowest BCUT2D eigenvalue weighted by Crippen LogP contribution is -2.11. The Labute approximate surface area is 83.1 Å². The van der Waals surface area contributed by atoms with E-state index >= 15 is 0 Å². The number of nitrogen functional groups attached to an aromatic ring is 1. The van der Waals surface area contributed by atoms with Crippen LogP contribution in [0.3, 0.4) is 0 Å². The van der Waals surface area contributed by atoms with E-state index in [1.165, 1.54) is 0 Å². The highest BCUT2D eigenvalue weighted by Gasteiger charge is 2.03. The van der Waals surface area contributed by atoms with Gasteiger partial charge in [-0.2, -0.15) is 0 Å². The lowest BCUT2D eigenvalue weighted by atomic mass is 10.2. The number of ether oxygens (including phenoxy) is 1. The van der Waals surface area contributed by atoms with Gasteiger partial charge in [0.1, 0.15) is 5.75 Å². The molecule has 0 spiro atoms. The fraction of sp³-hybridized carbons (Fsp3) is 0.300. The molecule has 0 saturated heterocycles. The monoisotopic (exact) mass is 194 g/mol. The highest BCUT2D eigenvalue weighted by atomic mass is 16.5. The third-order valence-corrected chi connectivity index (χ3v) is 1.85. The molecule has 0 aliphatic carbocycles. The Morgan fingerprint density at radius 2 is 2.29 bits per heavy atom. The number of hydrogen-bond acceptors (Lipinski definition) is 3. The molecule has 0 fully saturated rings. The number of carbonyl (C=O) groups excluding carboxylic acids is 1. The van der Waals surface area contributed by atoms with Crippen LogP contribution in [0.1, 0.15) is 13.3 Å². The van der Waals surface area contributed by atoms with Crippen LogP contribution in [-0.2, 0) is 4.79 Å². The summed E-state index contributed by atoms with van der Waals surface area (Å²) in [7, 11) is 1.57. The lowest BCUT2D eigenvalue weighted by Gasteiger charge is -2.08. The molecule has 0 atom stereocenters. The Morgan fingerprint density at radius 3 is 2.79 bits per heavy atom. The van der Waals surface area contributed by atoms with E-state index in [2.05, 4.69) is 5.32 Å². The van der Waals surface area contributed by atoms with Crippen molar-refractivity contribution in [2.24, 2.45) is 0 Å². The molecule has 0 aliphatic heterocycles. The molecule has 1 aromatic carbocycles. The molecule has 0 heterocycles. The zero-order valence-corrected chi connectivity index (χ0v) is 8.33. The van der Waals surface area contributed by atoms with Gasteiger partial charge in [0, 0.05) is 12.5 Å². The van der Waals surface area contributed by atoms with Crippen LogP contribution >= 0.6 is 0 Å². The van der Waals surface area contributed by atoms with Crippen LogP contribution < -0.4 is 15.8 Å². The second-order valence-electron chi connectivity index (χ2n) is 2.85. The zero-order valence-electron chi connectivity index (χ0n) is 8.33. The van der Waals surface area contributed by atoms with Gasteiger partial charge in [-0.15, -0.1) is 0 Å². The van der Waals surface area contributed by atoms with Crippen LogP contribution in [0.4, 0.5) is 11.4 Å². The van der Waals surface area contributed by atoms with Crippen molar-refractivity contribution in [2.75, 3.05) is 18.2 Å². The molecule has 0 radical (unpaired) electrons. The van der Waals surface area contributed by atoms with Gasteiger partial charge in [-0.3, -0.25) is 4.79 Å². The molecule has 1 aromatic rings. The Kier molecular flexibility index (Phi) is 3.34. The summed E-state index contributed by atoms with van der Waals surface area (Å²) < 4.78 is 4.99. The first-order valence-electron chi connectivity index (χ1n) is 4.40. The Hall–Kier alpha value is -1.71. The van der Waals surface area contributed by atoms with Gasteiger partial charge in [0.05, 0.1) is 18.5 Å². The molecule has 1 amide bonds. The van der Waals surface area contributed by atoms with Crippen LogP contribution in [0.2, 0.25) is 0 Å². The van der Waals surface area contributed by atoms with E-state index in [1.807, 2.05) is 0 Å². The topological polar surface area (TPSA) is 64.3 Å². The average molecular weight is 194 g/mol. The Morgan fingerprint density at radius 1 is 1.57 bits per heavy atom. The quantitative estimate of drug-likeness (QED) is 0.719. The van der Waals surface area contributed by atoms with Crippen LogP contribution in [-0.4, -0.2) is 13.0 Å². The fourth-order valence-electron chi connectivity index (χ4n) is 1.02. The molecule has 0 aromatic heterocycles. The standard InChI is InChI=1S/C10H14N2O2/c1-3-10(13)12-9-5-4-7(14-2)6-8(9)11/h4-6H,3,11H2,1-2H3,(H,12,13). The van der Waals surface area contributed by atoms with Crippen molar-refractivity contribution in [3.05, 3.63) is 18.2 Å². The van der Waals surface area contributed by atoms with Crippen molar-refractivity contribution in [3.63, 3.8) is 0 Å². The van der Waals surface area contributed by atoms with Crippen molar-refractivity contribution >= 4 is 17.3 Å². The van der Waals surface area contributed by atoms with Gasteiger partial charge in [0.25, 0.3) is 0 Å². The van der Waals surface area contributed by atoms with E-state index < -0.39 is 0 Å². The van der Waals surface area contributed by atoms with Crippen LogP contribution in [0, 0.1) is 0 Å². The van der Waals surface area contributed by atoms with E-state index in [0.717, 1.165) is 0 Å². The van der Waals surface area contributed by atoms with Gasteiger partial charge in [0.2, 0.25) is 5.91 Å². The maximum absolute atomic E-state index is 11.1. The molecule has 0 aliphatic rings. The number of rotatable bonds is 3. The molecule has 1 rings (SSSR count). The van der Waals surface area contributed by atoms with Gasteiger partial charge >= 0.3 is 0 Å².